The molecule has 2 N–H and O–H groups in total. The Morgan fingerprint density at radius 3 is 2.83 bits per heavy atom. The molecule has 1 saturated heterocycles. The van der Waals surface area contributed by atoms with Crippen LogP contribution >= 0.6 is 0 Å². The van der Waals surface area contributed by atoms with Crippen molar-refractivity contribution in [1.82, 2.24) is 15.3 Å². The Morgan fingerprint density at radius 1 is 1.35 bits per heavy atom. The van der Waals surface area contributed by atoms with Crippen LogP contribution in [0.15, 0.2) is 30.6 Å². The lowest BCUT2D eigenvalue weighted by Gasteiger charge is -2.24. The van der Waals surface area contributed by atoms with Crippen LogP contribution < -0.4 is 10.6 Å². The second-order valence-electron chi connectivity index (χ2n) is 5.59. The van der Waals surface area contributed by atoms with Gasteiger partial charge in [0.15, 0.2) is 0 Å². The third-order valence-electron chi connectivity index (χ3n) is 3.78. The molecule has 0 bridgehead atoms. The van der Waals surface area contributed by atoms with Gasteiger partial charge >= 0.3 is 0 Å². The molecule has 1 atom stereocenters. The first-order chi connectivity index (χ1) is 11.3. The molecule has 122 valence electrons. The van der Waals surface area contributed by atoms with E-state index in [1.54, 1.807) is 18.5 Å². The number of nitrogens with one attached hydrogen (secondary N) is 2. The van der Waals surface area contributed by atoms with E-state index in [2.05, 4.69) is 27.5 Å². The number of rotatable bonds is 5. The molecular formula is C17H21FN4O. The number of hydrogen-bond acceptors (Lipinski definition) is 5. The van der Waals surface area contributed by atoms with Gasteiger partial charge in [0.1, 0.15) is 5.82 Å². The molecule has 1 aromatic heterocycles. The quantitative estimate of drug-likeness (QED) is 0.888. The molecule has 6 heteroatoms. The zero-order valence-corrected chi connectivity index (χ0v) is 13.2. The zero-order valence-electron chi connectivity index (χ0n) is 13.2. The summed E-state index contributed by atoms with van der Waals surface area (Å²) < 4.78 is 19.9. The van der Waals surface area contributed by atoms with Crippen LogP contribution in [0.25, 0.3) is 0 Å². The van der Waals surface area contributed by atoms with E-state index in [1.807, 2.05) is 6.07 Å². The third kappa shape index (κ3) is 4.03. The van der Waals surface area contributed by atoms with E-state index in [-0.39, 0.29) is 11.9 Å². The summed E-state index contributed by atoms with van der Waals surface area (Å²) in [5, 5.41) is 6.16. The van der Waals surface area contributed by atoms with Crippen LogP contribution in [-0.4, -0.2) is 29.7 Å². The minimum Gasteiger partial charge on any atom is -0.371 e. The summed E-state index contributed by atoms with van der Waals surface area (Å²) >= 11 is 0. The molecule has 0 saturated carbocycles. The van der Waals surface area contributed by atoms with Gasteiger partial charge in [-0.25, -0.2) is 14.4 Å². The molecule has 2 aromatic rings. The fourth-order valence-corrected chi connectivity index (χ4v) is 2.57. The van der Waals surface area contributed by atoms with Gasteiger partial charge in [-0.1, -0.05) is 19.4 Å². The largest absolute Gasteiger partial charge is 0.371 e. The van der Waals surface area contributed by atoms with E-state index in [0.29, 0.717) is 24.8 Å². The van der Waals surface area contributed by atoms with Crippen molar-refractivity contribution < 1.29 is 9.13 Å². The first-order valence-electron chi connectivity index (χ1n) is 7.96. The molecular weight excluding hydrogens is 295 g/mol. The van der Waals surface area contributed by atoms with Gasteiger partial charge < -0.3 is 15.4 Å². The number of ether oxygens (including phenoxy) is 1. The van der Waals surface area contributed by atoms with E-state index in [4.69, 9.17) is 4.74 Å². The second kappa shape index (κ2) is 7.48. The summed E-state index contributed by atoms with van der Waals surface area (Å²) in [5.41, 5.74) is 2.27. The minimum absolute atomic E-state index is 0.100. The Bertz CT molecular complexity index is 642. The van der Waals surface area contributed by atoms with Crippen molar-refractivity contribution >= 4 is 11.6 Å². The van der Waals surface area contributed by atoms with E-state index in [1.165, 1.54) is 6.07 Å². The topological polar surface area (TPSA) is 59.1 Å². The van der Waals surface area contributed by atoms with Gasteiger partial charge in [0.05, 0.1) is 18.4 Å². The number of aryl methyl sites for hydroxylation is 1. The zero-order chi connectivity index (χ0) is 16.1. The van der Waals surface area contributed by atoms with Crippen molar-refractivity contribution in [3.8, 4) is 0 Å². The van der Waals surface area contributed by atoms with Crippen LogP contribution in [0.1, 0.15) is 30.6 Å². The molecule has 3 rings (SSSR count). The number of nitrogens with zero attached hydrogens (tertiary/aromatic N) is 2. The van der Waals surface area contributed by atoms with Crippen LogP contribution in [0.4, 0.5) is 16.0 Å². The van der Waals surface area contributed by atoms with Crippen molar-refractivity contribution in [1.29, 1.82) is 0 Å². The van der Waals surface area contributed by atoms with Crippen molar-refractivity contribution in [3.05, 3.63) is 47.5 Å². The lowest BCUT2D eigenvalue weighted by molar-refractivity contribution is 0.0275. The average Bonchev–Trinajstić information content (AvgIpc) is 2.59. The van der Waals surface area contributed by atoms with Crippen LogP contribution in [0.5, 0.6) is 0 Å². The predicted molar refractivity (Wildman–Crippen MR) is 87.3 cm³/mol. The highest BCUT2D eigenvalue weighted by Crippen LogP contribution is 2.24. The first-order valence-corrected chi connectivity index (χ1v) is 7.96. The third-order valence-corrected chi connectivity index (χ3v) is 3.78. The summed E-state index contributed by atoms with van der Waals surface area (Å²) in [6.07, 6.45) is 5.43. The normalized spacial score (nSPS) is 17.9. The number of aromatic nitrogens is 2. The van der Waals surface area contributed by atoms with Gasteiger partial charge in [-0.05, 0) is 29.7 Å². The van der Waals surface area contributed by atoms with E-state index in [9.17, 15) is 4.39 Å². The van der Waals surface area contributed by atoms with E-state index in [0.717, 1.165) is 30.5 Å². The molecule has 1 fully saturated rings. The Kier molecular flexibility index (Phi) is 5.15. The van der Waals surface area contributed by atoms with Crippen LogP contribution in [-0.2, 0) is 11.2 Å². The van der Waals surface area contributed by atoms with Crippen molar-refractivity contribution in [2.75, 3.05) is 25.0 Å². The Labute approximate surface area is 135 Å². The fraction of sp³-hybridized carbons (Fsp3) is 0.412. The minimum atomic E-state index is -0.335. The van der Waals surface area contributed by atoms with Gasteiger partial charge in [0.25, 0.3) is 0 Å². The number of hydrogen-bond donors (Lipinski definition) is 2. The first kappa shape index (κ1) is 15.8. The Hall–Kier alpha value is -2.05. The Morgan fingerprint density at radius 2 is 2.17 bits per heavy atom. The van der Waals surface area contributed by atoms with Crippen LogP contribution in [0, 0.1) is 5.82 Å². The molecule has 1 aromatic carbocycles. The molecule has 0 radical (unpaired) electrons. The van der Waals surface area contributed by atoms with Crippen molar-refractivity contribution in [3.63, 3.8) is 0 Å². The Balaban J connectivity index is 1.70. The highest BCUT2D eigenvalue weighted by Gasteiger charge is 2.17. The van der Waals surface area contributed by atoms with Gasteiger partial charge in [0, 0.05) is 25.5 Å². The van der Waals surface area contributed by atoms with Gasteiger partial charge in [-0.15, -0.1) is 0 Å². The number of anilines is 2. The number of halogens is 1. The number of morpholine rings is 1. The predicted octanol–water partition coefficient (Wildman–Crippen LogP) is 2.97. The number of benzene rings is 1. The highest BCUT2D eigenvalue weighted by atomic mass is 19.1. The van der Waals surface area contributed by atoms with Crippen LogP contribution in [0.3, 0.4) is 0 Å². The standard InChI is InChI=1S/C17H21FN4O/c1-2-3-12-9-20-17(21-10-12)22-15-5-4-13(8-14(15)18)16-11-19-6-7-23-16/h4-5,8-10,16,19H,2-3,6-7,11H2,1H3,(H,20,21,22)/t16-/m1/s1. The fourth-order valence-electron chi connectivity index (χ4n) is 2.57. The molecule has 0 amide bonds. The average molecular weight is 316 g/mol. The van der Waals surface area contributed by atoms with Gasteiger partial charge in [0.2, 0.25) is 5.95 Å². The van der Waals surface area contributed by atoms with Crippen molar-refractivity contribution in [2.45, 2.75) is 25.9 Å². The van der Waals surface area contributed by atoms with E-state index < -0.39 is 0 Å². The van der Waals surface area contributed by atoms with Gasteiger partial charge in [-0.3, -0.25) is 0 Å². The maximum Gasteiger partial charge on any atom is 0.227 e. The molecule has 1 aliphatic heterocycles. The maximum absolute atomic E-state index is 14.3. The lowest BCUT2D eigenvalue weighted by atomic mass is 10.1. The summed E-state index contributed by atoms with van der Waals surface area (Å²) in [6, 6.07) is 5.08. The molecule has 5 nitrogen and oxygen atoms in total. The van der Waals surface area contributed by atoms with Crippen LogP contribution in [0.2, 0.25) is 0 Å². The summed E-state index contributed by atoms with van der Waals surface area (Å²) in [4.78, 5) is 8.44. The smallest absolute Gasteiger partial charge is 0.227 e. The second-order valence-corrected chi connectivity index (χ2v) is 5.59. The summed E-state index contributed by atoms with van der Waals surface area (Å²) in [6.45, 7) is 4.29. The molecule has 0 aliphatic carbocycles. The molecule has 0 unspecified atom stereocenters. The maximum atomic E-state index is 14.3. The SMILES string of the molecule is CCCc1cnc(Nc2ccc([C@H]3CNCCO3)cc2F)nc1. The highest BCUT2D eigenvalue weighted by molar-refractivity contribution is 5.54. The summed E-state index contributed by atoms with van der Waals surface area (Å²) in [7, 11) is 0. The molecule has 0 spiro atoms. The monoisotopic (exact) mass is 316 g/mol. The molecule has 23 heavy (non-hydrogen) atoms. The lowest BCUT2D eigenvalue weighted by Crippen LogP contribution is -2.33. The summed E-state index contributed by atoms with van der Waals surface area (Å²) in [5.74, 6) is 0.0602. The molecule has 1 aliphatic rings. The van der Waals surface area contributed by atoms with Gasteiger partial charge in [-0.2, -0.15) is 0 Å². The van der Waals surface area contributed by atoms with Crippen molar-refractivity contribution in [2.24, 2.45) is 0 Å². The van der Waals surface area contributed by atoms with E-state index >= 15 is 0 Å². The molecule has 2 heterocycles.